The van der Waals surface area contributed by atoms with Gasteiger partial charge in [-0.2, -0.15) is 0 Å². The van der Waals surface area contributed by atoms with Crippen LogP contribution in [0.5, 0.6) is 0 Å². The molecule has 0 saturated heterocycles. The molecule has 0 heterocycles. The summed E-state index contributed by atoms with van der Waals surface area (Å²) < 4.78 is 0. The Balaban J connectivity index is 2.18. The molecule has 0 aromatic rings. The largest absolute Gasteiger partial charge is 0.101 e. The molecule has 82 valence electrons. The SMILES string of the molecule is BC[C@@H](CCCC)CC1CCC1CC. The molecule has 0 aromatic heterocycles. The summed E-state index contributed by atoms with van der Waals surface area (Å²) in [5.41, 5.74) is 0. The Hall–Kier alpha value is 0.0649. The molecule has 1 fully saturated rings. The Bertz CT molecular complexity index is 142. The van der Waals surface area contributed by atoms with E-state index in [0.29, 0.717) is 0 Å². The highest BCUT2D eigenvalue weighted by atomic mass is 14.4. The summed E-state index contributed by atoms with van der Waals surface area (Å²) in [5.74, 6) is 3.22. The zero-order valence-corrected chi connectivity index (χ0v) is 10.4. The topological polar surface area (TPSA) is 0 Å². The molecule has 0 amide bonds. The van der Waals surface area contributed by atoms with Crippen LogP contribution in [0.15, 0.2) is 0 Å². The summed E-state index contributed by atoms with van der Waals surface area (Å²) in [4.78, 5) is 0. The molecular weight excluding hydrogens is 167 g/mol. The van der Waals surface area contributed by atoms with E-state index in [0.717, 1.165) is 17.8 Å². The lowest BCUT2D eigenvalue weighted by Crippen LogP contribution is -2.27. The third-order valence-corrected chi connectivity index (χ3v) is 4.28. The van der Waals surface area contributed by atoms with Crippen molar-refractivity contribution in [2.75, 3.05) is 0 Å². The summed E-state index contributed by atoms with van der Waals surface area (Å²) in [6.07, 6.45) is 11.7. The first-order chi connectivity index (χ1) is 6.81. The molecule has 0 aliphatic heterocycles. The third-order valence-electron chi connectivity index (χ3n) is 4.28. The van der Waals surface area contributed by atoms with Gasteiger partial charge < -0.3 is 0 Å². The van der Waals surface area contributed by atoms with Crippen LogP contribution < -0.4 is 0 Å². The summed E-state index contributed by atoms with van der Waals surface area (Å²) in [5, 5.41) is 0. The van der Waals surface area contributed by atoms with Crippen molar-refractivity contribution < 1.29 is 0 Å². The first-order valence-electron chi connectivity index (χ1n) is 6.81. The minimum atomic E-state index is 1.04. The van der Waals surface area contributed by atoms with Gasteiger partial charge in [0, 0.05) is 0 Å². The van der Waals surface area contributed by atoms with Gasteiger partial charge in [-0.05, 0) is 37.0 Å². The molecule has 1 heteroatoms. The van der Waals surface area contributed by atoms with Crippen molar-refractivity contribution in [2.45, 2.75) is 65.1 Å². The quantitative estimate of drug-likeness (QED) is 0.542. The minimum Gasteiger partial charge on any atom is -0.0783 e. The van der Waals surface area contributed by atoms with Gasteiger partial charge in [0.1, 0.15) is 7.85 Å². The minimum absolute atomic E-state index is 1.04. The third kappa shape index (κ3) is 3.33. The molecule has 3 atom stereocenters. The van der Waals surface area contributed by atoms with Crippen molar-refractivity contribution in [3.8, 4) is 0 Å². The molecule has 1 rings (SSSR count). The van der Waals surface area contributed by atoms with Crippen molar-refractivity contribution in [3.05, 3.63) is 0 Å². The molecule has 0 radical (unpaired) electrons. The van der Waals surface area contributed by atoms with E-state index in [1.165, 1.54) is 51.3 Å². The van der Waals surface area contributed by atoms with Gasteiger partial charge in [-0.1, -0.05) is 45.9 Å². The molecule has 0 bridgehead atoms. The van der Waals surface area contributed by atoms with E-state index in [1.807, 2.05) is 0 Å². The van der Waals surface area contributed by atoms with Gasteiger partial charge in [0.2, 0.25) is 0 Å². The van der Waals surface area contributed by atoms with Crippen molar-refractivity contribution >= 4 is 7.85 Å². The Labute approximate surface area is 91.3 Å². The Morgan fingerprint density at radius 3 is 2.36 bits per heavy atom. The van der Waals surface area contributed by atoms with Crippen LogP contribution in [0.4, 0.5) is 0 Å². The van der Waals surface area contributed by atoms with Crippen molar-refractivity contribution in [1.82, 2.24) is 0 Å². The van der Waals surface area contributed by atoms with Crippen LogP contribution in [-0.4, -0.2) is 7.85 Å². The Kier molecular flexibility index (Phi) is 5.66. The van der Waals surface area contributed by atoms with Crippen molar-refractivity contribution in [2.24, 2.45) is 17.8 Å². The predicted molar refractivity (Wildman–Crippen MR) is 67.5 cm³/mol. The van der Waals surface area contributed by atoms with Gasteiger partial charge in [0.05, 0.1) is 0 Å². The number of unbranched alkanes of at least 4 members (excludes halogenated alkanes) is 1. The maximum atomic E-state index is 2.37. The first-order valence-corrected chi connectivity index (χ1v) is 6.81. The molecule has 0 spiro atoms. The highest BCUT2D eigenvalue weighted by Crippen LogP contribution is 2.41. The standard InChI is InChI=1S/C13H27B/c1-3-5-6-11(10-14)9-13-8-7-12(13)4-2/h11-13H,3-10,14H2,1-2H3/t11-,12?,13?/m0/s1. The molecule has 1 saturated carbocycles. The van der Waals surface area contributed by atoms with Crippen molar-refractivity contribution in [1.29, 1.82) is 0 Å². The van der Waals surface area contributed by atoms with E-state index >= 15 is 0 Å². The number of hydrogen-bond donors (Lipinski definition) is 0. The second kappa shape index (κ2) is 6.53. The van der Waals surface area contributed by atoms with E-state index in [-0.39, 0.29) is 0 Å². The Morgan fingerprint density at radius 1 is 1.21 bits per heavy atom. The van der Waals surface area contributed by atoms with E-state index in [1.54, 1.807) is 0 Å². The van der Waals surface area contributed by atoms with E-state index in [4.69, 9.17) is 0 Å². The fraction of sp³-hybridized carbons (Fsp3) is 1.00. The van der Waals surface area contributed by atoms with E-state index in [2.05, 4.69) is 21.7 Å². The summed E-state index contributed by atoms with van der Waals surface area (Å²) in [6.45, 7) is 4.68. The highest BCUT2D eigenvalue weighted by molar-refractivity contribution is 6.08. The van der Waals surface area contributed by atoms with Crippen LogP contribution in [0.1, 0.15) is 58.8 Å². The second-order valence-electron chi connectivity index (χ2n) is 5.16. The van der Waals surface area contributed by atoms with Crippen LogP contribution in [0.25, 0.3) is 0 Å². The van der Waals surface area contributed by atoms with Gasteiger partial charge in [-0.15, -0.1) is 0 Å². The molecular formula is C13H27B. The average molecular weight is 194 g/mol. The Morgan fingerprint density at radius 2 is 1.93 bits per heavy atom. The van der Waals surface area contributed by atoms with Gasteiger partial charge in [0.15, 0.2) is 0 Å². The summed E-state index contributed by atoms with van der Waals surface area (Å²) in [6, 6.07) is 0. The molecule has 2 unspecified atom stereocenters. The van der Waals surface area contributed by atoms with Crippen LogP contribution in [0.2, 0.25) is 6.32 Å². The van der Waals surface area contributed by atoms with Gasteiger partial charge in [0.25, 0.3) is 0 Å². The van der Waals surface area contributed by atoms with E-state index in [9.17, 15) is 0 Å². The predicted octanol–water partition coefficient (Wildman–Crippen LogP) is 3.67. The average Bonchev–Trinajstić information content (AvgIpc) is 2.17. The lowest BCUT2D eigenvalue weighted by molar-refractivity contribution is 0.136. The summed E-state index contributed by atoms with van der Waals surface area (Å²) >= 11 is 0. The molecule has 0 nitrogen and oxygen atoms in total. The second-order valence-corrected chi connectivity index (χ2v) is 5.16. The molecule has 0 aromatic carbocycles. The fourth-order valence-electron chi connectivity index (χ4n) is 2.90. The van der Waals surface area contributed by atoms with Gasteiger partial charge >= 0.3 is 0 Å². The van der Waals surface area contributed by atoms with E-state index < -0.39 is 0 Å². The lowest BCUT2D eigenvalue weighted by Gasteiger charge is -2.38. The zero-order chi connectivity index (χ0) is 10.4. The van der Waals surface area contributed by atoms with Crippen LogP contribution in [0.3, 0.4) is 0 Å². The normalized spacial score (nSPS) is 28.4. The van der Waals surface area contributed by atoms with Crippen LogP contribution >= 0.6 is 0 Å². The van der Waals surface area contributed by atoms with Gasteiger partial charge in [-0.3, -0.25) is 0 Å². The first kappa shape index (κ1) is 12.1. The lowest BCUT2D eigenvalue weighted by atomic mass is 9.66. The zero-order valence-electron chi connectivity index (χ0n) is 10.4. The highest BCUT2D eigenvalue weighted by Gasteiger charge is 2.30. The van der Waals surface area contributed by atoms with Gasteiger partial charge in [-0.25, -0.2) is 0 Å². The van der Waals surface area contributed by atoms with Crippen molar-refractivity contribution in [3.63, 3.8) is 0 Å². The monoisotopic (exact) mass is 194 g/mol. The molecule has 1 aliphatic carbocycles. The number of rotatable bonds is 7. The fourth-order valence-corrected chi connectivity index (χ4v) is 2.90. The summed E-state index contributed by atoms with van der Waals surface area (Å²) in [7, 11) is 2.37. The maximum Gasteiger partial charge on any atom is 0.101 e. The maximum absolute atomic E-state index is 2.37. The van der Waals surface area contributed by atoms with Crippen LogP contribution in [-0.2, 0) is 0 Å². The molecule has 14 heavy (non-hydrogen) atoms. The number of hydrogen-bond acceptors (Lipinski definition) is 0. The molecule has 1 aliphatic rings. The van der Waals surface area contributed by atoms with Crippen LogP contribution in [0, 0.1) is 17.8 Å². The smallest absolute Gasteiger partial charge is 0.0783 e. The molecule has 0 N–H and O–H groups in total.